The fraction of sp³-hybridized carbons (Fsp3) is 0.0909. The largest absolute Gasteiger partial charge is 0.471 e. The second kappa shape index (κ2) is 5.52. The molecule has 1 aromatic heterocycles. The van der Waals surface area contributed by atoms with Gasteiger partial charge >= 0.3 is 0 Å². The van der Waals surface area contributed by atoms with Crippen LogP contribution < -0.4 is 16.0 Å². The molecule has 2 rings (SSSR count). The number of para-hydroxylation sites is 1. The number of nitrogens with two attached hydrogens (primary N) is 1. The van der Waals surface area contributed by atoms with Crippen LogP contribution in [0.3, 0.4) is 0 Å². The minimum absolute atomic E-state index is 0.0656. The van der Waals surface area contributed by atoms with E-state index in [4.69, 9.17) is 22.2 Å². The predicted molar refractivity (Wildman–Crippen MR) is 66.0 cm³/mol. The third-order valence-corrected chi connectivity index (χ3v) is 2.45. The number of amides is 1. The number of hydrazine groups is 1. The molecule has 0 aliphatic carbocycles. The average Bonchev–Trinajstić information content (AvgIpc) is 2.78. The number of carbonyl (C=O) groups excluding carboxylic acids is 1. The lowest BCUT2D eigenvalue weighted by Gasteiger charge is -2.05. The fourth-order valence-electron chi connectivity index (χ4n) is 1.34. The molecule has 0 radical (unpaired) electrons. The molecular weight excluding hydrogens is 256 g/mol. The van der Waals surface area contributed by atoms with Crippen molar-refractivity contribution in [1.82, 2.24) is 15.2 Å². The van der Waals surface area contributed by atoms with Crippen LogP contribution in [0.2, 0.25) is 5.02 Å². The summed E-state index contributed by atoms with van der Waals surface area (Å²) < 4.78 is 6.87. The number of carbonyl (C=O) groups is 1. The molecule has 0 aliphatic rings. The summed E-state index contributed by atoms with van der Waals surface area (Å²) in [4.78, 5) is 11.3. The number of rotatable bonds is 4. The summed E-state index contributed by atoms with van der Waals surface area (Å²) in [6.45, 7) is 0.154. The first-order valence-electron chi connectivity index (χ1n) is 5.12. The van der Waals surface area contributed by atoms with Crippen molar-refractivity contribution in [3.8, 4) is 5.75 Å². The number of aromatic nitrogens is 2. The van der Waals surface area contributed by atoms with Crippen LogP contribution in [0.5, 0.6) is 5.75 Å². The van der Waals surface area contributed by atoms with Crippen molar-refractivity contribution >= 4 is 17.5 Å². The number of nitrogens with zero attached hydrogens (tertiary/aromatic N) is 2. The molecule has 2 aromatic rings. The Hall–Kier alpha value is -2.05. The Labute approximate surface area is 108 Å². The lowest BCUT2D eigenvalue weighted by Crippen LogP contribution is -2.30. The number of ether oxygens (including phenoxy) is 1. The van der Waals surface area contributed by atoms with E-state index >= 15 is 0 Å². The van der Waals surface area contributed by atoms with E-state index in [0.717, 1.165) is 0 Å². The highest BCUT2D eigenvalue weighted by molar-refractivity contribution is 6.33. The van der Waals surface area contributed by atoms with Gasteiger partial charge in [-0.25, -0.2) is 10.5 Å². The maximum absolute atomic E-state index is 11.3. The van der Waals surface area contributed by atoms with Crippen molar-refractivity contribution in [2.45, 2.75) is 6.73 Å². The number of nitrogens with one attached hydrogen (secondary N) is 1. The Kier molecular flexibility index (Phi) is 3.81. The number of halogens is 1. The summed E-state index contributed by atoms with van der Waals surface area (Å²) in [5.41, 5.74) is 2.03. The highest BCUT2D eigenvalue weighted by Crippen LogP contribution is 2.14. The van der Waals surface area contributed by atoms with Gasteiger partial charge in [0.05, 0.1) is 5.02 Å². The van der Waals surface area contributed by atoms with Gasteiger partial charge in [-0.15, -0.1) is 0 Å². The van der Waals surface area contributed by atoms with Crippen molar-refractivity contribution in [3.05, 3.63) is 47.2 Å². The maximum Gasteiger partial charge on any atom is 0.287 e. The van der Waals surface area contributed by atoms with Crippen LogP contribution in [0.1, 0.15) is 10.5 Å². The minimum Gasteiger partial charge on any atom is -0.471 e. The third-order valence-electron chi connectivity index (χ3n) is 2.17. The molecule has 0 spiro atoms. The summed E-state index contributed by atoms with van der Waals surface area (Å²) >= 11 is 5.85. The van der Waals surface area contributed by atoms with Gasteiger partial charge in [-0.2, -0.15) is 5.10 Å². The molecule has 94 valence electrons. The molecular formula is C11H11ClN4O2. The van der Waals surface area contributed by atoms with Gasteiger partial charge < -0.3 is 4.74 Å². The molecule has 6 nitrogen and oxygen atoms in total. The van der Waals surface area contributed by atoms with Crippen molar-refractivity contribution in [3.63, 3.8) is 0 Å². The fourth-order valence-corrected chi connectivity index (χ4v) is 1.58. The Morgan fingerprint density at radius 3 is 2.83 bits per heavy atom. The summed E-state index contributed by atoms with van der Waals surface area (Å²) in [6, 6.07) is 9.25. The number of nitrogen functional groups attached to an aromatic ring is 1. The number of hydrogen-bond acceptors (Lipinski definition) is 4. The zero-order valence-corrected chi connectivity index (χ0v) is 10.1. The van der Waals surface area contributed by atoms with Crippen molar-refractivity contribution in [2.24, 2.45) is 5.84 Å². The SMILES string of the molecule is NNC(=O)c1nn(COc2ccccc2)cc1Cl. The molecule has 1 heterocycles. The molecule has 0 bridgehead atoms. The van der Waals surface area contributed by atoms with Crippen LogP contribution in [-0.2, 0) is 6.73 Å². The topological polar surface area (TPSA) is 82.2 Å². The van der Waals surface area contributed by atoms with Gasteiger partial charge in [-0.05, 0) is 12.1 Å². The van der Waals surface area contributed by atoms with Crippen molar-refractivity contribution in [2.75, 3.05) is 0 Å². The van der Waals surface area contributed by atoms with E-state index in [-0.39, 0.29) is 17.4 Å². The molecule has 18 heavy (non-hydrogen) atoms. The van der Waals surface area contributed by atoms with Crippen molar-refractivity contribution in [1.29, 1.82) is 0 Å². The second-order valence-electron chi connectivity index (χ2n) is 3.43. The van der Waals surface area contributed by atoms with E-state index in [1.54, 1.807) is 0 Å². The van der Waals surface area contributed by atoms with Crippen LogP contribution in [0, 0.1) is 0 Å². The molecule has 7 heteroatoms. The zero-order chi connectivity index (χ0) is 13.0. The van der Waals surface area contributed by atoms with E-state index < -0.39 is 5.91 Å². The van der Waals surface area contributed by atoms with E-state index in [1.165, 1.54) is 10.9 Å². The molecule has 0 saturated heterocycles. The minimum atomic E-state index is -0.543. The second-order valence-corrected chi connectivity index (χ2v) is 3.83. The quantitative estimate of drug-likeness (QED) is 0.495. The molecule has 0 atom stereocenters. The molecule has 1 amide bonds. The van der Waals surface area contributed by atoms with E-state index in [2.05, 4.69) is 5.10 Å². The molecule has 1 aromatic carbocycles. The van der Waals surface area contributed by atoms with Gasteiger partial charge in [-0.3, -0.25) is 10.2 Å². The highest BCUT2D eigenvalue weighted by atomic mass is 35.5. The first-order valence-corrected chi connectivity index (χ1v) is 5.50. The standard InChI is InChI=1S/C11H11ClN4O2/c12-9-6-16(15-10(9)11(17)14-13)7-18-8-4-2-1-3-5-8/h1-6H,7,13H2,(H,14,17). The highest BCUT2D eigenvalue weighted by Gasteiger charge is 2.14. The first kappa shape index (κ1) is 12.4. The zero-order valence-electron chi connectivity index (χ0n) is 9.34. The molecule has 0 saturated carbocycles. The Morgan fingerprint density at radius 2 is 2.17 bits per heavy atom. The van der Waals surface area contributed by atoms with Crippen LogP contribution in [0.15, 0.2) is 36.5 Å². The lowest BCUT2D eigenvalue weighted by molar-refractivity contribution is 0.0946. The van der Waals surface area contributed by atoms with E-state index in [9.17, 15) is 4.79 Å². The smallest absolute Gasteiger partial charge is 0.287 e. The Morgan fingerprint density at radius 1 is 1.44 bits per heavy atom. The summed E-state index contributed by atoms with van der Waals surface area (Å²) in [5.74, 6) is 5.17. The van der Waals surface area contributed by atoms with Gasteiger partial charge in [0.2, 0.25) is 0 Å². The van der Waals surface area contributed by atoms with Crippen LogP contribution in [0.4, 0.5) is 0 Å². The summed E-state index contributed by atoms with van der Waals surface area (Å²) in [6.07, 6.45) is 1.50. The normalized spacial score (nSPS) is 10.1. The third kappa shape index (κ3) is 2.79. The first-order chi connectivity index (χ1) is 8.70. The monoisotopic (exact) mass is 266 g/mol. The van der Waals surface area contributed by atoms with Crippen LogP contribution in [-0.4, -0.2) is 15.7 Å². The van der Waals surface area contributed by atoms with Crippen molar-refractivity contribution < 1.29 is 9.53 Å². The maximum atomic E-state index is 11.3. The summed E-state index contributed by atoms with van der Waals surface area (Å²) in [7, 11) is 0. The molecule has 3 N–H and O–H groups in total. The van der Waals surface area contributed by atoms with Gasteiger partial charge in [0.25, 0.3) is 5.91 Å². The average molecular weight is 267 g/mol. The van der Waals surface area contributed by atoms with Crippen LogP contribution in [0.25, 0.3) is 0 Å². The van der Waals surface area contributed by atoms with Gasteiger partial charge in [0, 0.05) is 6.20 Å². The molecule has 0 aliphatic heterocycles. The van der Waals surface area contributed by atoms with Gasteiger partial charge in [0.15, 0.2) is 12.4 Å². The Bertz CT molecular complexity index is 541. The van der Waals surface area contributed by atoms with Gasteiger partial charge in [-0.1, -0.05) is 29.8 Å². The molecule has 0 fully saturated rings. The number of hydrogen-bond donors (Lipinski definition) is 2. The van der Waals surface area contributed by atoms with E-state index in [0.29, 0.717) is 5.75 Å². The predicted octanol–water partition coefficient (Wildman–Crippen LogP) is 1.18. The lowest BCUT2D eigenvalue weighted by atomic mass is 10.3. The Balaban J connectivity index is 2.05. The molecule has 0 unspecified atom stereocenters. The number of benzene rings is 1. The van der Waals surface area contributed by atoms with Crippen LogP contribution >= 0.6 is 11.6 Å². The van der Waals surface area contributed by atoms with Gasteiger partial charge in [0.1, 0.15) is 5.75 Å². The summed E-state index contributed by atoms with van der Waals surface area (Å²) in [5, 5.41) is 4.18. The van der Waals surface area contributed by atoms with E-state index in [1.807, 2.05) is 35.8 Å².